The van der Waals surface area contributed by atoms with Crippen molar-refractivity contribution in [2.24, 2.45) is 11.8 Å². The largest absolute Gasteiger partial charge is 0.449 e. The zero-order valence-corrected chi connectivity index (χ0v) is 16.7. The number of aryl methyl sites for hydroxylation is 1. The van der Waals surface area contributed by atoms with Crippen molar-refractivity contribution in [2.45, 2.75) is 63.8 Å². The minimum absolute atomic E-state index is 0.113. The maximum atomic E-state index is 12.6. The fraction of sp³-hybridized carbons (Fsp3) is 0.696. The Morgan fingerprint density at radius 1 is 1.22 bits per heavy atom. The first kappa shape index (κ1) is 17.5. The second-order valence-corrected chi connectivity index (χ2v) is 9.36. The molecule has 3 atom stereocenters. The number of hydrogen-bond acceptors (Lipinski definition) is 3. The van der Waals surface area contributed by atoms with E-state index in [-0.39, 0.29) is 11.5 Å². The Kier molecular flexibility index (Phi) is 4.23. The van der Waals surface area contributed by atoms with Gasteiger partial charge in [-0.3, -0.25) is 4.90 Å². The van der Waals surface area contributed by atoms with Crippen LogP contribution in [0.2, 0.25) is 0 Å². The summed E-state index contributed by atoms with van der Waals surface area (Å²) in [7, 11) is 0. The predicted octanol–water partition coefficient (Wildman–Crippen LogP) is 4.49. The summed E-state index contributed by atoms with van der Waals surface area (Å²) in [6, 6.07) is 7.40. The van der Waals surface area contributed by atoms with Crippen LogP contribution in [0.15, 0.2) is 18.2 Å². The van der Waals surface area contributed by atoms with Crippen LogP contribution >= 0.6 is 0 Å². The molecule has 1 aromatic rings. The van der Waals surface area contributed by atoms with Gasteiger partial charge in [-0.15, -0.1) is 0 Å². The molecule has 1 spiro atoms. The molecule has 2 aliphatic carbocycles. The molecular weight excluding hydrogens is 336 g/mol. The zero-order chi connectivity index (χ0) is 18.6. The van der Waals surface area contributed by atoms with E-state index in [0.717, 1.165) is 43.0 Å². The highest BCUT2D eigenvalue weighted by atomic mass is 16.6. The summed E-state index contributed by atoms with van der Waals surface area (Å²) in [5, 5.41) is 0. The van der Waals surface area contributed by atoms with E-state index in [9.17, 15) is 4.79 Å². The quantitative estimate of drug-likeness (QED) is 0.771. The first-order valence-corrected chi connectivity index (χ1v) is 10.9. The standard InChI is InChI=1S/C23H32N2O2/c1-3-27-22(26)25-15-23(19-12-16(2)4-7-20(19)25)8-10-24(11-9-23)21-14-17-5-6-18(21)13-17/h4,7,12,17-18,21H,3,5-6,8-11,13-15H2,1-2H3. The Labute approximate surface area is 162 Å². The van der Waals surface area contributed by atoms with Gasteiger partial charge < -0.3 is 9.64 Å². The highest BCUT2D eigenvalue weighted by Gasteiger charge is 2.49. The summed E-state index contributed by atoms with van der Waals surface area (Å²) in [6.45, 7) is 7.62. The molecule has 4 aliphatic rings. The minimum atomic E-state index is -0.185. The number of amides is 1. The van der Waals surface area contributed by atoms with Crippen LogP contribution in [0.1, 0.15) is 56.6 Å². The van der Waals surface area contributed by atoms with Gasteiger partial charge in [0.15, 0.2) is 0 Å². The lowest BCUT2D eigenvalue weighted by Crippen LogP contribution is -2.50. The Bertz CT molecular complexity index is 738. The minimum Gasteiger partial charge on any atom is -0.449 e. The van der Waals surface area contributed by atoms with Gasteiger partial charge in [-0.2, -0.15) is 0 Å². The number of fused-ring (bicyclic) bond motifs is 4. The van der Waals surface area contributed by atoms with E-state index in [4.69, 9.17) is 4.74 Å². The molecule has 5 rings (SSSR count). The van der Waals surface area contributed by atoms with Gasteiger partial charge in [-0.05, 0) is 82.5 Å². The molecule has 2 aliphatic heterocycles. The van der Waals surface area contributed by atoms with E-state index in [1.165, 1.54) is 49.9 Å². The molecular formula is C23H32N2O2. The molecule has 4 nitrogen and oxygen atoms in total. The van der Waals surface area contributed by atoms with Crippen molar-refractivity contribution in [3.05, 3.63) is 29.3 Å². The number of ether oxygens (including phenoxy) is 1. The highest BCUT2D eigenvalue weighted by molar-refractivity contribution is 5.91. The van der Waals surface area contributed by atoms with E-state index >= 15 is 0 Å². The Hall–Kier alpha value is -1.55. The molecule has 2 saturated carbocycles. The third kappa shape index (κ3) is 2.79. The maximum absolute atomic E-state index is 12.6. The van der Waals surface area contributed by atoms with Crippen LogP contribution in [-0.2, 0) is 10.2 Å². The van der Waals surface area contributed by atoms with E-state index in [1.54, 1.807) is 0 Å². The highest BCUT2D eigenvalue weighted by Crippen LogP contribution is 2.51. The summed E-state index contributed by atoms with van der Waals surface area (Å²) in [5.74, 6) is 1.96. The van der Waals surface area contributed by atoms with Crippen molar-refractivity contribution >= 4 is 11.8 Å². The van der Waals surface area contributed by atoms with Gasteiger partial charge in [-0.1, -0.05) is 24.1 Å². The average Bonchev–Trinajstić information content (AvgIpc) is 3.37. The molecule has 4 heteroatoms. The number of rotatable bonds is 2. The van der Waals surface area contributed by atoms with Crippen molar-refractivity contribution in [1.29, 1.82) is 0 Å². The van der Waals surface area contributed by atoms with Gasteiger partial charge >= 0.3 is 6.09 Å². The van der Waals surface area contributed by atoms with Crippen LogP contribution in [0.5, 0.6) is 0 Å². The first-order valence-electron chi connectivity index (χ1n) is 10.9. The number of nitrogens with zero attached hydrogens (tertiary/aromatic N) is 2. The monoisotopic (exact) mass is 368 g/mol. The van der Waals surface area contributed by atoms with E-state index in [1.807, 2.05) is 11.8 Å². The summed E-state index contributed by atoms with van der Waals surface area (Å²) >= 11 is 0. The second-order valence-electron chi connectivity index (χ2n) is 9.36. The topological polar surface area (TPSA) is 32.8 Å². The van der Waals surface area contributed by atoms with E-state index < -0.39 is 0 Å². The van der Waals surface area contributed by atoms with Gasteiger partial charge in [0.1, 0.15) is 0 Å². The molecule has 3 unspecified atom stereocenters. The molecule has 1 saturated heterocycles. The number of anilines is 1. The number of likely N-dealkylation sites (tertiary alicyclic amines) is 1. The van der Waals surface area contributed by atoms with Crippen molar-refractivity contribution in [2.75, 3.05) is 31.1 Å². The molecule has 0 N–H and O–H groups in total. The normalized spacial score (nSPS) is 31.5. The molecule has 1 aromatic carbocycles. The lowest BCUT2D eigenvalue weighted by atomic mass is 9.73. The molecule has 2 heterocycles. The Balaban J connectivity index is 1.37. The number of carbonyl (C=O) groups is 1. The van der Waals surface area contributed by atoms with Crippen molar-refractivity contribution in [3.8, 4) is 0 Å². The van der Waals surface area contributed by atoms with Crippen LogP contribution in [0, 0.1) is 18.8 Å². The molecule has 146 valence electrons. The number of carbonyl (C=O) groups excluding carboxylic acids is 1. The third-order valence-electron chi connectivity index (χ3n) is 7.89. The van der Waals surface area contributed by atoms with Crippen molar-refractivity contribution < 1.29 is 9.53 Å². The molecule has 1 amide bonds. The number of hydrogen-bond donors (Lipinski definition) is 0. The van der Waals surface area contributed by atoms with E-state index in [2.05, 4.69) is 30.0 Å². The lowest BCUT2D eigenvalue weighted by molar-refractivity contribution is 0.0868. The van der Waals surface area contributed by atoms with Gasteiger partial charge in [0.05, 0.1) is 12.3 Å². The van der Waals surface area contributed by atoms with E-state index in [0.29, 0.717) is 6.61 Å². The Morgan fingerprint density at radius 2 is 2.04 bits per heavy atom. The van der Waals surface area contributed by atoms with Gasteiger partial charge in [0.25, 0.3) is 0 Å². The zero-order valence-electron chi connectivity index (χ0n) is 16.7. The maximum Gasteiger partial charge on any atom is 0.414 e. The smallest absolute Gasteiger partial charge is 0.414 e. The third-order valence-corrected chi connectivity index (χ3v) is 7.89. The summed E-state index contributed by atoms with van der Waals surface area (Å²) in [6.07, 6.45) is 7.97. The fourth-order valence-corrected chi connectivity index (χ4v) is 6.52. The number of piperidine rings is 1. The summed E-state index contributed by atoms with van der Waals surface area (Å²) in [5.41, 5.74) is 3.85. The van der Waals surface area contributed by atoms with Gasteiger partial charge in [0, 0.05) is 18.0 Å². The van der Waals surface area contributed by atoms with Gasteiger partial charge in [0.2, 0.25) is 0 Å². The van der Waals surface area contributed by atoms with Crippen LogP contribution in [0.3, 0.4) is 0 Å². The SMILES string of the molecule is CCOC(=O)N1CC2(CCN(C3CC4CCC3C4)CC2)c2cc(C)ccc21. The van der Waals surface area contributed by atoms with Crippen LogP contribution in [-0.4, -0.2) is 43.3 Å². The van der Waals surface area contributed by atoms with Crippen LogP contribution in [0.25, 0.3) is 0 Å². The molecule has 27 heavy (non-hydrogen) atoms. The van der Waals surface area contributed by atoms with Crippen molar-refractivity contribution in [3.63, 3.8) is 0 Å². The second kappa shape index (κ2) is 6.51. The van der Waals surface area contributed by atoms with Crippen molar-refractivity contribution in [1.82, 2.24) is 4.90 Å². The molecule has 2 bridgehead atoms. The predicted molar refractivity (Wildman–Crippen MR) is 107 cm³/mol. The molecule has 0 radical (unpaired) electrons. The molecule has 3 fully saturated rings. The Morgan fingerprint density at radius 3 is 2.70 bits per heavy atom. The summed E-state index contributed by atoms with van der Waals surface area (Å²) in [4.78, 5) is 17.3. The lowest BCUT2D eigenvalue weighted by Gasteiger charge is -2.44. The first-order chi connectivity index (χ1) is 13.1. The van der Waals surface area contributed by atoms with Crippen LogP contribution in [0.4, 0.5) is 10.5 Å². The molecule has 0 aromatic heterocycles. The average molecular weight is 369 g/mol. The van der Waals surface area contributed by atoms with Crippen LogP contribution < -0.4 is 4.90 Å². The van der Waals surface area contributed by atoms with Gasteiger partial charge in [-0.25, -0.2) is 4.79 Å². The summed E-state index contributed by atoms with van der Waals surface area (Å²) < 4.78 is 5.36. The number of benzene rings is 1. The fourth-order valence-electron chi connectivity index (χ4n) is 6.52.